The number of benzene rings is 7. The highest BCUT2D eigenvalue weighted by molar-refractivity contribution is 6.20. The van der Waals surface area contributed by atoms with Crippen LogP contribution in [0.4, 0.5) is 0 Å². The minimum atomic E-state index is 0.460. The predicted molar refractivity (Wildman–Crippen MR) is 244 cm³/mol. The van der Waals surface area contributed by atoms with Crippen LogP contribution >= 0.6 is 0 Å². The number of furan rings is 1. The fourth-order valence-electron chi connectivity index (χ4n) is 9.80. The van der Waals surface area contributed by atoms with E-state index in [0.717, 1.165) is 87.3 Å². The molecule has 5 nitrogen and oxygen atoms in total. The summed E-state index contributed by atoms with van der Waals surface area (Å²) in [7, 11) is 0. The minimum absolute atomic E-state index is 0.460. The van der Waals surface area contributed by atoms with E-state index in [9.17, 15) is 0 Å². The second kappa shape index (κ2) is 14.2. The third kappa shape index (κ3) is 5.72. The average molecular weight is 773 g/mol. The Balaban J connectivity index is 1.15. The Morgan fingerprint density at radius 3 is 2.02 bits per heavy atom. The number of nitrogens with zero attached hydrogens (tertiary/aromatic N) is 4. The van der Waals surface area contributed by atoms with Gasteiger partial charge >= 0.3 is 0 Å². The first-order valence-electron chi connectivity index (χ1n) is 21.1. The molecule has 0 N–H and O–H groups in total. The Morgan fingerprint density at radius 1 is 0.550 bits per heavy atom. The first-order chi connectivity index (χ1) is 29.7. The monoisotopic (exact) mass is 772 g/mol. The van der Waals surface area contributed by atoms with Crippen LogP contribution in [0.3, 0.4) is 0 Å². The summed E-state index contributed by atoms with van der Waals surface area (Å²) in [4.78, 5) is 15.7. The molecule has 12 rings (SSSR count). The van der Waals surface area contributed by atoms with Gasteiger partial charge in [-0.25, -0.2) is 15.0 Å². The van der Waals surface area contributed by atoms with E-state index in [1.165, 1.54) is 39.1 Å². The lowest BCUT2D eigenvalue weighted by molar-refractivity contribution is 0.618. The molecule has 3 aromatic heterocycles. The summed E-state index contributed by atoms with van der Waals surface area (Å²) in [5.41, 5.74) is 16.0. The van der Waals surface area contributed by atoms with Gasteiger partial charge in [-0.1, -0.05) is 146 Å². The maximum atomic E-state index is 6.88. The lowest BCUT2D eigenvalue weighted by atomic mass is 9.80. The van der Waals surface area contributed by atoms with Crippen molar-refractivity contribution in [3.05, 3.63) is 198 Å². The summed E-state index contributed by atoms with van der Waals surface area (Å²) >= 11 is 0. The number of fused-ring (bicyclic) bond motifs is 10. The molecular weight excluding hydrogens is 733 g/mol. The zero-order valence-corrected chi connectivity index (χ0v) is 33.1. The summed E-state index contributed by atoms with van der Waals surface area (Å²) in [6.45, 7) is 0. The molecule has 0 amide bonds. The Kier molecular flexibility index (Phi) is 8.19. The van der Waals surface area contributed by atoms with Crippen molar-refractivity contribution in [3.8, 4) is 51.0 Å². The Labute approximate surface area is 348 Å². The molecule has 286 valence electrons. The van der Waals surface area contributed by atoms with Gasteiger partial charge in [0.25, 0.3) is 0 Å². The van der Waals surface area contributed by atoms with E-state index in [0.29, 0.717) is 23.4 Å². The van der Waals surface area contributed by atoms with Crippen molar-refractivity contribution in [1.29, 1.82) is 0 Å². The first kappa shape index (κ1) is 34.7. The normalized spacial score (nSPS) is 14.8. The van der Waals surface area contributed by atoms with Gasteiger partial charge in [0.1, 0.15) is 11.2 Å². The predicted octanol–water partition coefficient (Wildman–Crippen LogP) is 13.6. The first-order valence-corrected chi connectivity index (χ1v) is 21.1. The van der Waals surface area contributed by atoms with Gasteiger partial charge in [-0.3, -0.25) is 0 Å². The quantitative estimate of drug-likeness (QED) is 0.175. The van der Waals surface area contributed by atoms with Gasteiger partial charge in [0.05, 0.1) is 5.52 Å². The Hall–Kier alpha value is -7.37. The van der Waals surface area contributed by atoms with E-state index in [1.54, 1.807) is 0 Å². The van der Waals surface area contributed by atoms with Crippen LogP contribution < -0.4 is 0 Å². The van der Waals surface area contributed by atoms with E-state index in [2.05, 4.69) is 138 Å². The molecule has 2 aliphatic carbocycles. The Bertz CT molecular complexity index is 3230. The van der Waals surface area contributed by atoms with Crippen LogP contribution in [-0.2, 0) is 19.3 Å². The van der Waals surface area contributed by atoms with Gasteiger partial charge in [-0.05, 0) is 102 Å². The lowest BCUT2D eigenvalue weighted by Gasteiger charge is -2.25. The number of hydrogen-bond donors (Lipinski definition) is 0. The fraction of sp³-hybridized carbons (Fsp3) is 0.109. The Morgan fingerprint density at radius 2 is 1.23 bits per heavy atom. The molecule has 0 spiro atoms. The van der Waals surface area contributed by atoms with Gasteiger partial charge < -0.3 is 8.98 Å². The van der Waals surface area contributed by atoms with Crippen LogP contribution in [0.25, 0.3) is 89.9 Å². The maximum absolute atomic E-state index is 6.88. The molecule has 3 heterocycles. The number of allylic oxidation sites excluding steroid dienone is 1. The highest BCUT2D eigenvalue weighted by atomic mass is 16.3. The molecule has 1 unspecified atom stereocenters. The average Bonchev–Trinajstić information content (AvgIpc) is 3.86. The molecule has 2 aliphatic rings. The smallest absolute Gasteiger partial charge is 0.166 e. The van der Waals surface area contributed by atoms with Gasteiger partial charge in [-0.15, -0.1) is 0 Å². The lowest BCUT2D eigenvalue weighted by Crippen LogP contribution is -2.10. The van der Waals surface area contributed by atoms with Crippen molar-refractivity contribution in [2.45, 2.75) is 38.0 Å². The van der Waals surface area contributed by atoms with Crippen molar-refractivity contribution in [2.24, 2.45) is 0 Å². The van der Waals surface area contributed by atoms with Crippen molar-refractivity contribution in [1.82, 2.24) is 19.5 Å². The van der Waals surface area contributed by atoms with Gasteiger partial charge in [-0.2, -0.15) is 0 Å². The SMILES string of the molecule is C1=Cc2c(c3c4oc5ccccc5c4cc(-c4nc(-c5ccccc5)nc(-c5ccccc5)n4)c3n2-c2ccc3c(c2)-c2ccccc2CC(c2ccccc2)CC3)CC1. The third-order valence-corrected chi connectivity index (χ3v) is 12.7. The molecule has 60 heavy (non-hydrogen) atoms. The molecule has 1 atom stereocenters. The molecule has 0 fully saturated rings. The van der Waals surface area contributed by atoms with Gasteiger partial charge in [0.2, 0.25) is 0 Å². The molecule has 0 bridgehead atoms. The zero-order valence-electron chi connectivity index (χ0n) is 33.1. The summed E-state index contributed by atoms with van der Waals surface area (Å²) in [5.74, 6) is 2.36. The number of rotatable bonds is 5. The fourth-order valence-corrected chi connectivity index (χ4v) is 9.80. The van der Waals surface area contributed by atoms with Crippen LogP contribution in [0.1, 0.15) is 46.7 Å². The van der Waals surface area contributed by atoms with Crippen molar-refractivity contribution >= 4 is 38.9 Å². The second-order valence-electron chi connectivity index (χ2n) is 16.2. The van der Waals surface area contributed by atoms with E-state index in [4.69, 9.17) is 19.4 Å². The molecule has 10 aromatic rings. The van der Waals surface area contributed by atoms with Gasteiger partial charge in [0, 0.05) is 44.2 Å². The van der Waals surface area contributed by atoms with Crippen LogP contribution in [-0.4, -0.2) is 19.5 Å². The number of aromatic nitrogens is 4. The molecule has 0 aliphatic heterocycles. The highest BCUT2D eigenvalue weighted by Crippen LogP contribution is 2.47. The number of para-hydroxylation sites is 1. The molecule has 0 saturated heterocycles. The topological polar surface area (TPSA) is 56.7 Å². The van der Waals surface area contributed by atoms with E-state index in [-0.39, 0.29) is 0 Å². The van der Waals surface area contributed by atoms with Crippen LogP contribution in [0, 0.1) is 0 Å². The molecule has 5 heteroatoms. The standard InChI is InChI=1S/C55H40N4O/c1-4-16-35(17-5-1)39-29-28-36-30-31-41(33-45(36)42-23-11-10-22-40(42)32-39)59-48-26-14-12-25-44(48)50-51(59)47(34-46-43-24-13-15-27-49(43)60-52(46)50)55-57-53(37-18-6-2-7-19-37)56-54(58-55)38-20-8-3-9-21-38/h1-11,13-24,26-27,30-31,33-34,39H,12,25,28-29,32H2. The third-order valence-electron chi connectivity index (χ3n) is 12.7. The minimum Gasteiger partial charge on any atom is -0.455 e. The summed E-state index contributed by atoms with van der Waals surface area (Å²) in [5, 5.41) is 3.26. The highest BCUT2D eigenvalue weighted by Gasteiger charge is 2.29. The second-order valence-corrected chi connectivity index (χ2v) is 16.2. The van der Waals surface area contributed by atoms with Crippen molar-refractivity contribution in [3.63, 3.8) is 0 Å². The number of aryl methyl sites for hydroxylation is 2. The van der Waals surface area contributed by atoms with Crippen LogP contribution in [0.5, 0.6) is 0 Å². The maximum Gasteiger partial charge on any atom is 0.166 e. The number of hydrogen-bond acceptors (Lipinski definition) is 4. The zero-order chi connectivity index (χ0) is 39.6. The summed E-state index contributed by atoms with van der Waals surface area (Å²) in [6, 6.07) is 58.3. The molecule has 0 saturated carbocycles. The molecule has 0 radical (unpaired) electrons. The molecule has 7 aromatic carbocycles. The van der Waals surface area contributed by atoms with Crippen molar-refractivity contribution in [2.75, 3.05) is 0 Å². The van der Waals surface area contributed by atoms with E-state index < -0.39 is 0 Å². The van der Waals surface area contributed by atoms with E-state index >= 15 is 0 Å². The van der Waals surface area contributed by atoms with Crippen molar-refractivity contribution < 1.29 is 4.42 Å². The van der Waals surface area contributed by atoms with Gasteiger partial charge in [0.15, 0.2) is 17.5 Å². The largest absolute Gasteiger partial charge is 0.455 e. The van der Waals surface area contributed by atoms with Crippen LogP contribution in [0.15, 0.2) is 174 Å². The summed E-state index contributed by atoms with van der Waals surface area (Å²) < 4.78 is 9.34. The molecular formula is C55H40N4O. The van der Waals surface area contributed by atoms with Crippen LogP contribution in [0.2, 0.25) is 0 Å². The summed E-state index contributed by atoms with van der Waals surface area (Å²) in [6.07, 6.45) is 9.59. The van der Waals surface area contributed by atoms with E-state index in [1.807, 2.05) is 42.5 Å².